The summed E-state index contributed by atoms with van der Waals surface area (Å²) in [4.78, 5) is 22.0. The maximum atomic E-state index is 12.0. The van der Waals surface area contributed by atoms with Crippen LogP contribution in [0.15, 0.2) is 46.9 Å². The molecule has 0 aromatic heterocycles. The van der Waals surface area contributed by atoms with E-state index in [-0.39, 0.29) is 22.2 Å². The van der Waals surface area contributed by atoms with Crippen LogP contribution in [-0.4, -0.2) is 21.0 Å². The summed E-state index contributed by atoms with van der Waals surface area (Å²) in [5.41, 5.74) is 0.295. The maximum absolute atomic E-state index is 12.0. The third-order valence-electron chi connectivity index (χ3n) is 2.75. The minimum Gasteiger partial charge on any atom is -0.506 e. The predicted molar refractivity (Wildman–Crippen MR) is 92.6 cm³/mol. The van der Waals surface area contributed by atoms with Gasteiger partial charge in [0, 0.05) is 16.1 Å². The Bertz CT molecular complexity index is 797. The van der Waals surface area contributed by atoms with E-state index in [1.807, 2.05) is 0 Å². The number of amides is 1. The number of hydrogen-bond donors (Lipinski definition) is 3. The molecule has 118 valence electrons. The zero-order valence-corrected chi connectivity index (χ0v) is 13.8. The van der Waals surface area contributed by atoms with Gasteiger partial charge in [-0.1, -0.05) is 22.0 Å². The molecule has 0 heterocycles. The lowest BCUT2D eigenvalue weighted by Gasteiger charge is -2.11. The van der Waals surface area contributed by atoms with E-state index in [0.29, 0.717) is 5.56 Å². The number of hydrogen-bond acceptors (Lipinski definition) is 5. The number of phenolic OH excluding ortho intramolecular Hbond substituents is 1. The maximum Gasteiger partial charge on any atom is 0.273 e. The molecule has 23 heavy (non-hydrogen) atoms. The molecule has 2 aromatic rings. The quantitative estimate of drug-likeness (QED) is 0.319. The average molecular weight is 396 g/mol. The van der Waals surface area contributed by atoms with Gasteiger partial charge in [-0.25, -0.2) is 0 Å². The number of carbonyl (C=O) groups is 1. The highest BCUT2D eigenvalue weighted by molar-refractivity contribution is 9.10. The van der Waals surface area contributed by atoms with Gasteiger partial charge in [0.2, 0.25) is 0 Å². The second kappa shape index (κ2) is 7.16. The summed E-state index contributed by atoms with van der Waals surface area (Å²) in [5, 5.41) is 25.4. The predicted octanol–water partition coefficient (Wildman–Crippen LogP) is 3.19. The van der Waals surface area contributed by atoms with E-state index in [0.717, 1.165) is 10.5 Å². The lowest BCUT2D eigenvalue weighted by molar-refractivity contribution is -0.384. The van der Waals surface area contributed by atoms with Gasteiger partial charge in [0.15, 0.2) is 5.11 Å². The molecule has 3 N–H and O–H groups in total. The third-order valence-corrected chi connectivity index (χ3v) is 3.45. The molecule has 0 saturated heterocycles. The van der Waals surface area contributed by atoms with Gasteiger partial charge in [-0.05, 0) is 36.5 Å². The number of nitro benzene ring substituents is 1. The molecule has 0 saturated carbocycles. The van der Waals surface area contributed by atoms with Crippen molar-refractivity contribution in [3.8, 4) is 5.75 Å². The Balaban J connectivity index is 2.05. The smallest absolute Gasteiger partial charge is 0.273 e. The Kier molecular flexibility index (Phi) is 5.24. The zero-order valence-electron chi connectivity index (χ0n) is 11.4. The van der Waals surface area contributed by atoms with E-state index >= 15 is 0 Å². The fraction of sp³-hybridized carbons (Fsp3) is 0. The van der Waals surface area contributed by atoms with Crippen molar-refractivity contribution in [1.82, 2.24) is 5.32 Å². The molecule has 0 bridgehead atoms. The molecule has 0 radical (unpaired) electrons. The number of nitrogens with one attached hydrogen (secondary N) is 2. The minimum atomic E-state index is -0.628. The molecule has 0 aliphatic rings. The average Bonchev–Trinajstić information content (AvgIpc) is 2.49. The molecule has 0 aliphatic heterocycles. The Morgan fingerprint density at radius 2 is 2.00 bits per heavy atom. The standard InChI is InChI=1S/C14H10BrN3O4S/c15-9-3-1-2-8(6-9)13(20)17-14(23)16-11-5-4-10(18(21)22)7-12(11)19/h1-7,19H,(H2,16,17,20,23). The zero-order chi connectivity index (χ0) is 17.0. The lowest BCUT2D eigenvalue weighted by atomic mass is 10.2. The number of rotatable bonds is 3. The first-order valence-corrected chi connectivity index (χ1v) is 7.42. The summed E-state index contributed by atoms with van der Waals surface area (Å²) in [6.45, 7) is 0. The summed E-state index contributed by atoms with van der Waals surface area (Å²) in [7, 11) is 0. The molecular formula is C14H10BrN3O4S. The number of non-ortho nitro benzene ring substituents is 1. The molecule has 9 heteroatoms. The summed E-state index contributed by atoms with van der Waals surface area (Å²) in [6.07, 6.45) is 0. The van der Waals surface area contributed by atoms with Crippen molar-refractivity contribution in [1.29, 1.82) is 0 Å². The molecule has 0 aliphatic carbocycles. The summed E-state index contributed by atoms with van der Waals surface area (Å²) < 4.78 is 0.747. The molecule has 0 fully saturated rings. The third kappa shape index (κ3) is 4.47. The fourth-order valence-corrected chi connectivity index (χ4v) is 2.30. The fourth-order valence-electron chi connectivity index (χ4n) is 1.70. The highest BCUT2D eigenvalue weighted by atomic mass is 79.9. The van der Waals surface area contributed by atoms with Crippen molar-refractivity contribution < 1.29 is 14.8 Å². The van der Waals surface area contributed by atoms with Gasteiger partial charge in [0.1, 0.15) is 5.75 Å². The Morgan fingerprint density at radius 3 is 2.61 bits per heavy atom. The van der Waals surface area contributed by atoms with E-state index in [9.17, 15) is 20.0 Å². The van der Waals surface area contributed by atoms with Crippen molar-refractivity contribution in [3.63, 3.8) is 0 Å². The van der Waals surface area contributed by atoms with Gasteiger partial charge in [-0.15, -0.1) is 0 Å². The van der Waals surface area contributed by atoms with Crippen molar-refractivity contribution in [2.24, 2.45) is 0 Å². The molecule has 1 amide bonds. The topological polar surface area (TPSA) is 104 Å². The van der Waals surface area contributed by atoms with E-state index < -0.39 is 10.8 Å². The lowest BCUT2D eigenvalue weighted by Crippen LogP contribution is -2.34. The Morgan fingerprint density at radius 1 is 1.26 bits per heavy atom. The van der Waals surface area contributed by atoms with Gasteiger partial charge < -0.3 is 10.4 Å². The number of anilines is 1. The van der Waals surface area contributed by atoms with Crippen LogP contribution in [0.25, 0.3) is 0 Å². The molecule has 7 nitrogen and oxygen atoms in total. The number of thiocarbonyl (C=S) groups is 1. The number of aromatic hydroxyl groups is 1. The van der Waals surface area contributed by atoms with Crippen LogP contribution in [0.2, 0.25) is 0 Å². The molecule has 0 unspecified atom stereocenters. The Labute approximate surface area is 144 Å². The number of halogens is 1. The van der Waals surface area contributed by atoms with Crippen LogP contribution in [-0.2, 0) is 0 Å². The largest absolute Gasteiger partial charge is 0.506 e. The first kappa shape index (κ1) is 16.8. The van der Waals surface area contributed by atoms with Crippen LogP contribution in [0.1, 0.15) is 10.4 Å². The first-order valence-electron chi connectivity index (χ1n) is 6.22. The molecule has 0 spiro atoms. The van der Waals surface area contributed by atoms with E-state index in [1.54, 1.807) is 24.3 Å². The van der Waals surface area contributed by atoms with Crippen LogP contribution in [0, 0.1) is 10.1 Å². The second-order valence-electron chi connectivity index (χ2n) is 4.38. The highest BCUT2D eigenvalue weighted by Gasteiger charge is 2.13. The normalized spacial score (nSPS) is 9.96. The van der Waals surface area contributed by atoms with E-state index in [1.165, 1.54) is 12.1 Å². The van der Waals surface area contributed by atoms with Crippen LogP contribution >= 0.6 is 28.1 Å². The minimum absolute atomic E-state index is 0.0425. The van der Waals surface area contributed by atoms with Crippen molar-refractivity contribution in [3.05, 3.63) is 62.6 Å². The summed E-state index contributed by atoms with van der Waals surface area (Å²) >= 11 is 8.25. The van der Waals surface area contributed by atoms with E-state index in [4.69, 9.17) is 12.2 Å². The van der Waals surface area contributed by atoms with Gasteiger partial charge in [0.05, 0.1) is 16.7 Å². The summed E-state index contributed by atoms with van der Waals surface area (Å²) in [5.74, 6) is -0.775. The SMILES string of the molecule is O=C(NC(=S)Nc1ccc([N+](=O)[O-])cc1O)c1cccc(Br)c1. The first-order chi connectivity index (χ1) is 10.9. The van der Waals surface area contributed by atoms with Crippen LogP contribution in [0.3, 0.4) is 0 Å². The van der Waals surface area contributed by atoms with Gasteiger partial charge in [0.25, 0.3) is 11.6 Å². The monoisotopic (exact) mass is 395 g/mol. The molecule has 2 aromatic carbocycles. The van der Waals surface area contributed by atoms with Crippen molar-refractivity contribution in [2.75, 3.05) is 5.32 Å². The molecular weight excluding hydrogens is 386 g/mol. The van der Waals surface area contributed by atoms with Gasteiger partial charge >= 0.3 is 0 Å². The number of nitrogens with zero attached hydrogens (tertiary/aromatic N) is 1. The van der Waals surface area contributed by atoms with E-state index in [2.05, 4.69) is 26.6 Å². The highest BCUT2D eigenvalue weighted by Crippen LogP contribution is 2.27. The number of carbonyl (C=O) groups excluding carboxylic acids is 1. The van der Waals surface area contributed by atoms with Crippen molar-refractivity contribution >= 4 is 50.5 Å². The number of nitro groups is 1. The van der Waals surface area contributed by atoms with Gasteiger partial charge in [-0.2, -0.15) is 0 Å². The Hall–Kier alpha value is -2.52. The summed E-state index contributed by atoms with van der Waals surface area (Å²) in [6, 6.07) is 10.2. The van der Waals surface area contributed by atoms with Crippen LogP contribution < -0.4 is 10.6 Å². The van der Waals surface area contributed by atoms with Crippen molar-refractivity contribution in [2.45, 2.75) is 0 Å². The van der Waals surface area contributed by atoms with Gasteiger partial charge in [-0.3, -0.25) is 20.2 Å². The number of benzene rings is 2. The second-order valence-corrected chi connectivity index (χ2v) is 5.70. The number of phenols is 1. The van der Waals surface area contributed by atoms with Crippen LogP contribution in [0.4, 0.5) is 11.4 Å². The molecule has 0 atom stereocenters. The molecule has 2 rings (SSSR count). The van der Waals surface area contributed by atoms with Crippen LogP contribution in [0.5, 0.6) is 5.75 Å².